The molecule has 2 nitrogen and oxygen atoms in total. The Morgan fingerprint density at radius 3 is 2.38 bits per heavy atom. The van der Waals surface area contributed by atoms with Gasteiger partial charge in [-0.2, -0.15) is 13.2 Å². The lowest BCUT2D eigenvalue weighted by atomic mass is 9.83. The highest BCUT2D eigenvalue weighted by Gasteiger charge is 2.36. The molecule has 0 bridgehead atoms. The fourth-order valence-electron chi connectivity index (χ4n) is 2.72. The summed E-state index contributed by atoms with van der Waals surface area (Å²) in [6.07, 6.45) is -0.346. The zero-order chi connectivity index (χ0) is 15.7. The van der Waals surface area contributed by atoms with E-state index in [0.29, 0.717) is 6.07 Å². The van der Waals surface area contributed by atoms with E-state index in [1.807, 2.05) is 6.92 Å². The Morgan fingerprint density at radius 2 is 1.81 bits per heavy atom. The van der Waals surface area contributed by atoms with Gasteiger partial charge in [-0.15, -0.1) is 0 Å². The van der Waals surface area contributed by atoms with Gasteiger partial charge in [0.2, 0.25) is 0 Å². The van der Waals surface area contributed by atoms with Gasteiger partial charge in [0.05, 0.1) is 11.1 Å². The minimum atomic E-state index is -4.81. The van der Waals surface area contributed by atoms with E-state index in [-0.39, 0.29) is 0 Å². The van der Waals surface area contributed by atoms with Crippen molar-refractivity contribution in [3.8, 4) is 0 Å². The number of carbonyl (C=O) groups is 1. The minimum absolute atomic E-state index is 0.476. The number of carbonyl (C=O) groups excluding carboxylic acids is 1. The summed E-state index contributed by atoms with van der Waals surface area (Å²) in [7, 11) is 0. The summed E-state index contributed by atoms with van der Waals surface area (Å²) in [6, 6.07) is 2.75. The third-order valence-corrected chi connectivity index (χ3v) is 3.92. The predicted molar refractivity (Wildman–Crippen MR) is 70.4 cm³/mol. The maximum absolute atomic E-state index is 13.9. The Hall–Kier alpha value is -1.59. The van der Waals surface area contributed by atoms with Crippen molar-refractivity contribution in [2.24, 2.45) is 0 Å². The van der Waals surface area contributed by atoms with E-state index in [1.54, 1.807) is 0 Å². The predicted octanol–water partition coefficient (Wildman–Crippen LogP) is 4.30. The molecule has 0 radical (unpaired) electrons. The highest BCUT2D eigenvalue weighted by molar-refractivity contribution is 5.95. The van der Waals surface area contributed by atoms with Gasteiger partial charge in [0, 0.05) is 5.54 Å². The first-order valence-electron chi connectivity index (χ1n) is 6.91. The van der Waals surface area contributed by atoms with Gasteiger partial charge in [0.1, 0.15) is 5.82 Å². The zero-order valence-electron chi connectivity index (χ0n) is 11.7. The Morgan fingerprint density at radius 1 is 1.19 bits per heavy atom. The molecule has 0 aliphatic heterocycles. The number of hydrogen-bond donors (Lipinski definition) is 1. The first-order chi connectivity index (χ1) is 9.73. The molecule has 1 aliphatic rings. The quantitative estimate of drug-likeness (QED) is 0.811. The summed E-state index contributed by atoms with van der Waals surface area (Å²) in [5.41, 5.74) is -2.45. The van der Waals surface area contributed by atoms with Gasteiger partial charge in [-0.3, -0.25) is 4.79 Å². The molecule has 1 N–H and O–H groups in total. The maximum Gasteiger partial charge on any atom is 0.419 e. The van der Waals surface area contributed by atoms with Crippen LogP contribution in [-0.2, 0) is 6.18 Å². The van der Waals surface area contributed by atoms with Crippen LogP contribution in [0.3, 0.4) is 0 Å². The van der Waals surface area contributed by atoms with Crippen molar-refractivity contribution in [2.75, 3.05) is 0 Å². The number of hydrogen-bond acceptors (Lipinski definition) is 1. The van der Waals surface area contributed by atoms with Gasteiger partial charge >= 0.3 is 6.18 Å². The minimum Gasteiger partial charge on any atom is -0.347 e. The molecule has 1 aliphatic carbocycles. The van der Waals surface area contributed by atoms with E-state index in [1.165, 1.54) is 0 Å². The third kappa shape index (κ3) is 3.54. The summed E-state index contributed by atoms with van der Waals surface area (Å²) in [5, 5.41) is 2.68. The fourth-order valence-corrected chi connectivity index (χ4v) is 2.72. The largest absolute Gasteiger partial charge is 0.419 e. The van der Waals surface area contributed by atoms with Gasteiger partial charge in [-0.1, -0.05) is 25.3 Å². The van der Waals surface area contributed by atoms with Crippen molar-refractivity contribution < 1.29 is 22.4 Å². The van der Waals surface area contributed by atoms with Crippen LogP contribution < -0.4 is 5.32 Å². The first-order valence-corrected chi connectivity index (χ1v) is 6.91. The first kappa shape index (κ1) is 15.8. The Bertz CT molecular complexity index is 533. The number of benzene rings is 1. The number of nitrogens with one attached hydrogen (secondary N) is 1. The van der Waals surface area contributed by atoms with Crippen LogP contribution in [0, 0.1) is 5.82 Å². The number of alkyl halides is 3. The van der Waals surface area contributed by atoms with Crippen LogP contribution in [0.25, 0.3) is 0 Å². The van der Waals surface area contributed by atoms with Crippen LogP contribution in [0.4, 0.5) is 17.6 Å². The normalized spacial score (nSPS) is 18.3. The van der Waals surface area contributed by atoms with Crippen LogP contribution in [0.2, 0.25) is 0 Å². The Kier molecular flexibility index (Phi) is 4.25. The second-order valence-corrected chi connectivity index (χ2v) is 5.74. The molecule has 0 atom stereocenters. The second kappa shape index (κ2) is 5.66. The van der Waals surface area contributed by atoms with Crippen LogP contribution in [-0.4, -0.2) is 11.4 Å². The molecule has 0 saturated heterocycles. The van der Waals surface area contributed by atoms with E-state index >= 15 is 0 Å². The fraction of sp³-hybridized carbons (Fsp3) is 0.533. The topological polar surface area (TPSA) is 29.1 Å². The molecular weight excluding hydrogens is 286 g/mol. The molecule has 0 unspecified atom stereocenters. The molecule has 0 aromatic heterocycles. The van der Waals surface area contributed by atoms with Gasteiger partial charge < -0.3 is 5.32 Å². The monoisotopic (exact) mass is 303 g/mol. The van der Waals surface area contributed by atoms with Crippen molar-refractivity contribution in [1.82, 2.24) is 5.32 Å². The van der Waals surface area contributed by atoms with Gasteiger partial charge in [-0.05, 0) is 31.9 Å². The van der Waals surface area contributed by atoms with Crippen molar-refractivity contribution in [2.45, 2.75) is 50.7 Å². The summed E-state index contributed by atoms with van der Waals surface area (Å²) in [4.78, 5) is 12.1. The maximum atomic E-state index is 13.9. The molecule has 0 spiro atoms. The lowest BCUT2D eigenvalue weighted by Crippen LogP contribution is -2.47. The highest BCUT2D eigenvalue weighted by Crippen LogP contribution is 2.33. The lowest BCUT2D eigenvalue weighted by molar-refractivity contribution is -0.140. The smallest absolute Gasteiger partial charge is 0.347 e. The van der Waals surface area contributed by atoms with Gasteiger partial charge in [0.15, 0.2) is 0 Å². The third-order valence-electron chi connectivity index (χ3n) is 3.92. The number of rotatable bonds is 2. The molecule has 6 heteroatoms. The Balaban J connectivity index is 2.24. The van der Waals surface area contributed by atoms with E-state index in [9.17, 15) is 22.4 Å². The van der Waals surface area contributed by atoms with Crippen LogP contribution >= 0.6 is 0 Å². The molecule has 0 heterocycles. The molecular formula is C15H17F4NO. The summed E-state index contributed by atoms with van der Waals surface area (Å²) in [5.74, 6) is -2.30. The van der Waals surface area contributed by atoms with E-state index in [4.69, 9.17) is 0 Å². The van der Waals surface area contributed by atoms with E-state index in [2.05, 4.69) is 5.32 Å². The Labute approximate surface area is 120 Å². The zero-order valence-corrected chi connectivity index (χ0v) is 11.7. The SMILES string of the molecule is CC1(NC(=O)c2cccc(C(F)(F)F)c2F)CCCCC1. The lowest BCUT2D eigenvalue weighted by Gasteiger charge is -2.34. The summed E-state index contributed by atoms with van der Waals surface area (Å²) < 4.78 is 51.9. The summed E-state index contributed by atoms with van der Waals surface area (Å²) >= 11 is 0. The number of amides is 1. The average Bonchev–Trinajstić information content (AvgIpc) is 2.37. The van der Waals surface area contributed by atoms with Crippen molar-refractivity contribution >= 4 is 5.91 Å². The molecule has 1 aromatic carbocycles. The molecule has 1 saturated carbocycles. The van der Waals surface area contributed by atoms with Crippen LogP contribution in [0.1, 0.15) is 54.9 Å². The molecule has 21 heavy (non-hydrogen) atoms. The van der Waals surface area contributed by atoms with Gasteiger partial charge in [0.25, 0.3) is 5.91 Å². The number of halogens is 4. The molecule has 1 aromatic rings. The highest BCUT2D eigenvalue weighted by atomic mass is 19.4. The molecule has 116 valence electrons. The standard InChI is InChI=1S/C15H17F4NO/c1-14(8-3-2-4-9-14)20-13(21)10-6-5-7-11(12(10)16)15(17,18)19/h5-7H,2-4,8-9H2,1H3,(H,20,21). The molecule has 2 rings (SSSR count). The van der Waals surface area contributed by atoms with Gasteiger partial charge in [-0.25, -0.2) is 4.39 Å². The molecule has 1 amide bonds. The van der Waals surface area contributed by atoms with E-state index < -0.39 is 34.6 Å². The van der Waals surface area contributed by atoms with Crippen molar-refractivity contribution in [1.29, 1.82) is 0 Å². The van der Waals surface area contributed by atoms with Crippen molar-refractivity contribution in [3.05, 3.63) is 35.1 Å². The van der Waals surface area contributed by atoms with Crippen molar-refractivity contribution in [3.63, 3.8) is 0 Å². The summed E-state index contributed by atoms with van der Waals surface area (Å²) in [6.45, 7) is 1.84. The van der Waals surface area contributed by atoms with Crippen LogP contribution in [0.15, 0.2) is 18.2 Å². The van der Waals surface area contributed by atoms with E-state index in [0.717, 1.165) is 44.2 Å². The average molecular weight is 303 g/mol. The van der Waals surface area contributed by atoms with Crippen LogP contribution in [0.5, 0.6) is 0 Å². The molecule has 1 fully saturated rings. The second-order valence-electron chi connectivity index (χ2n) is 5.74.